The number of aryl methyl sites for hydroxylation is 3. The molecule has 0 nitrogen and oxygen atoms in total. The maximum atomic E-state index is 2.30. The Morgan fingerprint density at radius 3 is 1.17 bits per heavy atom. The summed E-state index contributed by atoms with van der Waals surface area (Å²) in [5, 5.41) is 0. The fourth-order valence-electron chi connectivity index (χ4n) is 1.36. The Labute approximate surface area is 147 Å². The zero-order valence-corrected chi connectivity index (χ0v) is 14.7. The molecule has 110 valence electrons. The second-order valence-electron chi connectivity index (χ2n) is 3.03. The number of hydrogen-bond acceptors (Lipinski definition) is 0. The zero-order valence-electron chi connectivity index (χ0n) is 14.0. The van der Waals surface area contributed by atoms with Gasteiger partial charge in [-0.2, -0.15) is 0 Å². The molecule has 0 saturated heterocycles. The van der Waals surface area contributed by atoms with Gasteiger partial charge < -0.3 is 0 Å². The third kappa shape index (κ3) is 14.5. The van der Waals surface area contributed by atoms with Crippen LogP contribution < -0.4 is 0 Å². The van der Waals surface area contributed by atoms with Crippen LogP contribution in [0.3, 0.4) is 0 Å². The molecule has 1 heteroatoms. The van der Waals surface area contributed by atoms with Crippen molar-refractivity contribution in [2.45, 2.75) is 75.2 Å². The van der Waals surface area contributed by atoms with Crippen LogP contribution in [0.4, 0.5) is 0 Å². The Hall–Kier alpha value is 0.480. The summed E-state index contributed by atoms with van der Waals surface area (Å²) in [7, 11) is 0. The first kappa shape index (κ1) is 26.9. The second-order valence-corrected chi connectivity index (χ2v) is 3.03. The first-order chi connectivity index (χ1) is 8.26. The van der Waals surface area contributed by atoms with Crippen molar-refractivity contribution in [1.29, 1.82) is 0 Å². The van der Waals surface area contributed by atoms with E-state index in [4.69, 9.17) is 0 Å². The molecule has 0 amide bonds. The molecule has 0 aromatic heterocycles. The van der Waals surface area contributed by atoms with Crippen LogP contribution in [0.15, 0.2) is 18.2 Å². The van der Waals surface area contributed by atoms with Crippen LogP contribution in [0, 0.1) is 44.7 Å². The third-order valence-corrected chi connectivity index (χ3v) is 2.01. The van der Waals surface area contributed by atoms with Gasteiger partial charge in [-0.05, 0) is 30.9 Å². The Balaban J connectivity index is -0.000000123. The molecule has 0 N–H and O–H groups in total. The molecule has 0 spiro atoms. The first-order valence-corrected chi connectivity index (χ1v) is 7.35. The molecule has 0 aliphatic heterocycles. The summed E-state index contributed by atoms with van der Waals surface area (Å²) >= 11 is 0. The van der Waals surface area contributed by atoms with Crippen LogP contribution in [0.2, 0.25) is 0 Å². The van der Waals surface area contributed by atoms with E-state index in [1.807, 2.05) is 41.5 Å². The van der Waals surface area contributed by atoms with Crippen LogP contribution in [-0.2, 0) is 12.8 Å². The van der Waals surface area contributed by atoms with Crippen molar-refractivity contribution >= 4 is 0 Å². The molecule has 18 heavy (non-hydrogen) atoms. The van der Waals surface area contributed by atoms with Crippen LogP contribution in [0.25, 0.3) is 0 Å². The van der Waals surface area contributed by atoms with Crippen molar-refractivity contribution in [3.8, 4) is 0 Å². The average Bonchev–Trinajstić information content (AvgIpc) is 2.44. The van der Waals surface area contributed by atoms with Crippen LogP contribution in [0.5, 0.6) is 0 Å². The summed E-state index contributed by atoms with van der Waals surface area (Å²) < 4.78 is 0. The molecule has 1 rings (SSSR count). The minimum Gasteiger partial charge on any atom is -0.0683 e. The van der Waals surface area contributed by atoms with Crippen molar-refractivity contribution < 1.29 is 37.7 Å². The van der Waals surface area contributed by atoms with Gasteiger partial charge in [0, 0.05) is 37.7 Å². The second kappa shape index (κ2) is 22.6. The molecule has 0 fully saturated rings. The normalized spacial score (nSPS) is 7.17. The monoisotopic (exact) mass is 278 g/mol. The minimum atomic E-state index is 0. The van der Waals surface area contributed by atoms with E-state index in [9.17, 15) is 0 Å². The number of hydrogen-bond donors (Lipinski definition) is 0. The topological polar surface area (TPSA) is 0 Å². The van der Waals surface area contributed by atoms with Gasteiger partial charge >= 0.3 is 0 Å². The molecule has 1 aromatic carbocycles. The fourth-order valence-corrected chi connectivity index (χ4v) is 1.36. The van der Waals surface area contributed by atoms with Gasteiger partial charge in [-0.1, -0.05) is 79.2 Å². The summed E-state index contributed by atoms with van der Waals surface area (Å²) in [5.74, 6) is 0. The third-order valence-electron chi connectivity index (χ3n) is 2.01. The van der Waals surface area contributed by atoms with Gasteiger partial charge in [0.15, 0.2) is 0 Å². The molecular formula is C17H34Ar. The average molecular weight is 278 g/mol. The van der Waals surface area contributed by atoms with Crippen molar-refractivity contribution in [3.05, 3.63) is 34.9 Å². The molecular weight excluding hydrogens is 244 g/mol. The van der Waals surface area contributed by atoms with Crippen LogP contribution in [-0.4, -0.2) is 0 Å². The summed E-state index contributed by atoms with van der Waals surface area (Å²) in [4.78, 5) is 0. The SMILES string of the molecule is CC.CC.CC.CCc1cc(C)cc(CC)c1.[Ar]. The van der Waals surface area contributed by atoms with Crippen molar-refractivity contribution in [3.63, 3.8) is 0 Å². The summed E-state index contributed by atoms with van der Waals surface area (Å²) in [6.07, 6.45) is 2.30. The Morgan fingerprint density at radius 1 is 0.667 bits per heavy atom. The first-order valence-electron chi connectivity index (χ1n) is 7.35. The molecule has 0 aliphatic carbocycles. The molecule has 0 atom stereocenters. The quantitative estimate of drug-likeness (QED) is 0.604. The standard InChI is InChI=1S/C11H16.3C2H6.Ar/c1-4-10-6-9(3)7-11(5-2)8-10;3*1-2;/h6-8H,4-5H2,1-3H3;3*1-2H3;. The van der Waals surface area contributed by atoms with Gasteiger partial charge in [-0.3, -0.25) is 0 Å². The van der Waals surface area contributed by atoms with Crippen LogP contribution >= 0.6 is 0 Å². The molecule has 0 unspecified atom stereocenters. The van der Waals surface area contributed by atoms with E-state index < -0.39 is 0 Å². The maximum absolute atomic E-state index is 2.30. The minimum absolute atomic E-state index is 0. The van der Waals surface area contributed by atoms with Crippen molar-refractivity contribution in [2.24, 2.45) is 0 Å². The van der Waals surface area contributed by atoms with E-state index in [-0.39, 0.29) is 37.7 Å². The molecule has 0 heterocycles. The Bertz CT molecular complexity index is 219. The molecule has 0 aliphatic rings. The predicted molar refractivity (Wildman–Crippen MR) is 84.0 cm³/mol. The molecule has 1 aromatic rings. The van der Waals surface area contributed by atoms with E-state index in [1.54, 1.807) is 0 Å². The van der Waals surface area contributed by atoms with Gasteiger partial charge in [0.25, 0.3) is 0 Å². The maximum Gasteiger partial charge on any atom is 0 e. The van der Waals surface area contributed by atoms with Crippen molar-refractivity contribution in [2.75, 3.05) is 0 Å². The summed E-state index contributed by atoms with van der Waals surface area (Å²) in [6, 6.07) is 6.82. The van der Waals surface area contributed by atoms with Gasteiger partial charge in [-0.15, -0.1) is 0 Å². The number of benzene rings is 1. The van der Waals surface area contributed by atoms with E-state index in [0.29, 0.717) is 0 Å². The van der Waals surface area contributed by atoms with Gasteiger partial charge in [0.05, 0.1) is 0 Å². The van der Waals surface area contributed by atoms with E-state index in [0.717, 1.165) is 12.8 Å². The zero-order chi connectivity index (χ0) is 14.3. The van der Waals surface area contributed by atoms with E-state index in [1.165, 1.54) is 16.7 Å². The van der Waals surface area contributed by atoms with E-state index >= 15 is 0 Å². The van der Waals surface area contributed by atoms with Gasteiger partial charge in [-0.25, -0.2) is 0 Å². The fraction of sp³-hybridized carbons (Fsp3) is 0.647. The predicted octanol–water partition coefficient (Wildman–Crippen LogP) is 6.20. The molecule has 0 radical (unpaired) electrons. The van der Waals surface area contributed by atoms with E-state index in [2.05, 4.69) is 39.0 Å². The van der Waals surface area contributed by atoms with Crippen LogP contribution in [0.1, 0.15) is 72.1 Å². The smallest absolute Gasteiger partial charge is 0 e. The Kier molecular flexibility index (Phi) is 33.9. The van der Waals surface area contributed by atoms with Crippen molar-refractivity contribution in [1.82, 2.24) is 0 Å². The number of rotatable bonds is 2. The summed E-state index contributed by atoms with van der Waals surface area (Å²) in [6.45, 7) is 18.6. The molecule has 0 bridgehead atoms. The largest absolute Gasteiger partial charge is 0.0683 e. The molecule has 0 saturated carbocycles. The summed E-state index contributed by atoms with van der Waals surface area (Å²) in [5.41, 5.74) is 4.31. The Morgan fingerprint density at radius 2 is 0.944 bits per heavy atom. The van der Waals surface area contributed by atoms with Gasteiger partial charge in [0.1, 0.15) is 0 Å². The van der Waals surface area contributed by atoms with Gasteiger partial charge in [0.2, 0.25) is 0 Å².